The number of rotatable bonds is 9. The Hall–Kier alpha value is -3.44. The molecule has 0 spiro atoms. The number of benzene rings is 3. The number of hydrogen-bond acceptors (Lipinski definition) is 3. The minimum absolute atomic E-state index is 0.0100. The largest absolute Gasteiger partial charge is 0.355 e. The quantitative estimate of drug-likeness (QED) is 0.513. The first-order valence-corrected chi connectivity index (χ1v) is 12.1. The van der Waals surface area contributed by atoms with E-state index >= 15 is 0 Å². The van der Waals surface area contributed by atoms with Gasteiger partial charge in [0, 0.05) is 24.3 Å². The highest BCUT2D eigenvalue weighted by Gasteiger charge is 2.19. The van der Waals surface area contributed by atoms with Crippen molar-refractivity contribution in [2.45, 2.75) is 32.7 Å². The third-order valence-electron chi connectivity index (χ3n) is 6.26. The fourth-order valence-electron chi connectivity index (χ4n) is 4.34. The standard InChI is InChI=1S/C29H33N3O2/c1-23-12-14-26(15-13-23)29(34)32(22-24-8-3-2-4-9-24)27-11-7-10-25(20-27)21-28(33)30-16-19-31-17-5-6-18-31/h2-4,7-15,20H,5-6,16-19,21-22H2,1H3,(H,30,33). The molecule has 0 atom stereocenters. The summed E-state index contributed by atoms with van der Waals surface area (Å²) in [5, 5.41) is 3.04. The van der Waals surface area contributed by atoms with Crippen molar-refractivity contribution in [1.29, 1.82) is 0 Å². The predicted octanol–water partition coefficient (Wildman–Crippen LogP) is 4.60. The van der Waals surface area contributed by atoms with Crippen LogP contribution >= 0.6 is 0 Å². The van der Waals surface area contributed by atoms with Crippen LogP contribution in [0, 0.1) is 6.92 Å². The Morgan fingerprint density at radius 2 is 1.59 bits per heavy atom. The zero-order chi connectivity index (χ0) is 23.8. The zero-order valence-electron chi connectivity index (χ0n) is 19.9. The zero-order valence-corrected chi connectivity index (χ0v) is 19.9. The Labute approximate surface area is 202 Å². The SMILES string of the molecule is Cc1ccc(C(=O)N(Cc2ccccc2)c2cccc(CC(=O)NCCN3CCCC3)c2)cc1. The third kappa shape index (κ3) is 6.55. The Morgan fingerprint density at radius 1 is 0.882 bits per heavy atom. The summed E-state index contributed by atoms with van der Waals surface area (Å²) in [7, 11) is 0. The Bertz CT molecular complexity index is 1090. The normalized spacial score (nSPS) is 13.6. The van der Waals surface area contributed by atoms with Crippen LogP contribution in [0.2, 0.25) is 0 Å². The highest BCUT2D eigenvalue weighted by Crippen LogP contribution is 2.22. The van der Waals surface area contributed by atoms with E-state index in [1.54, 1.807) is 4.90 Å². The molecule has 0 radical (unpaired) electrons. The van der Waals surface area contributed by atoms with E-state index in [0.29, 0.717) is 25.1 Å². The number of aryl methyl sites for hydroxylation is 1. The highest BCUT2D eigenvalue weighted by atomic mass is 16.2. The second-order valence-corrected chi connectivity index (χ2v) is 8.99. The van der Waals surface area contributed by atoms with Gasteiger partial charge < -0.3 is 15.1 Å². The fourth-order valence-corrected chi connectivity index (χ4v) is 4.34. The number of hydrogen-bond donors (Lipinski definition) is 1. The van der Waals surface area contributed by atoms with E-state index in [2.05, 4.69) is 10.2 Å². The molecule has 0 unspecified atom stereocenters. The molecule has 34 heavy (non-hydrogen) atoms. The second kappa shape index (κ2) is 11.6. The summed E-state index contributed by atoms with van der Waals surface area (Å²) in [6.45, 7) is 6.30. The van der Waals surface area contributed by atoms with Crippen LogP contribution in [0.3, 0.4) is 0 Å². The van der Waals surface area contributed by atoms with E-state index in [-0.39, 0.29) is 11.8 Å². The molecule has 1 N–H and O–H groups in total. The average Bonchev–Trinajstić information content (AvgIpc) is 3.37. The van der Waals surface area contributed by atoms with Crippen molar-refractivity contribution in [3.8, 4) is 0 Å². The molecule has 0 saturated carbocycles. The molecule has 0 aromatic heterocycles. The van der Waals surface area contributed by atoms with Crippen LogP contribution in [0.25, 0.3) is 0 Å². The van der Waals surface area contributed by atoms with Gasteiger partial charge in [-0.3, -0.25) is 9.59 Å². The number of carbonyl (C=O) groups excluding carboxylic acids is 2. The maximum atomic E-state index is 13.5. The fraction of sp³-hybridized carbons (Fsp3) is 0.310. The molecule has 1 heterocycles. The summed E-state index contributed by atoms with van der Waals surface area (Å²) < 4.78 is 0. The summed E-state index contributed by atoms with van der Waals surface area (Å²) >= 11 is 0. The number of anilines is 1. The van der Waals surface area contributed by atoms with Crippen LogP contribution in [0.5, 0.6) is 0 Å². The van der Waals surface area contributed by atoms with Crippen molar-refractivity contribution in [2.24, 2.45) is 0 Å². The van der Waals surface area contributed by atoms with Gasteiger partial charge in [-0.15, -0.1) is 0 Å². The molecule has 2 amide bonds. The van der Waals surface area contributed by atoms with Crippen molar-refractivity contribution in [3.63, 3.8) is 0 Å². The van der Waals surface area contributed by atoms with Crippen LogP contribution in [-0.2, 0) is 17.8 Å². The monoisotopic (exact) mass is 455 g/mol. The summed E-state index contributed by atoms with van der Waals surface area (Å²) in [5.41, 5.74) is 4.49. The molecular weight excluding hydrogens is 422 g/mol. The number of carbonyl (C=O) groups is 2. The average molecular weight is 456 g/mol. The summed E-state index contributed by atoms with van der Waals surface area (Å²) in [5.74, 6) is -0.0492. The van der Waals surface area contributed by atoms with Gasteiger partial charge in [-0.2, -0.15) is 0 Å². The van der Waals surface area contributed by atoms with E-state index < -0.39 is 0 Å². The molecule has 3 aromatic rings. The third-order valence-corrected chi connectivity index (χ3v) is 6.26. The lowest BCUT2D eigenvalue weighted by Crippen LogP contribution is -2.34. The Morgan fingerprint density at radius 3 is 2.32 bits per heavy atom. The second-order valence-electron chi connectivity index (χ2n) is 8.99. The molecule has 1 saturated heterocycles. The summed E-state index contributed by atoms with van der Waals surface area (Å²) in [6.07, 6.45) is 2.80. The van der Waals surface area contributed by atoms with E-state index in [4.69, 9.17) is 0 Å². The number of nitrogens with one attached hydrogen (secondary N) is 1. The van der Waals surface area contributed by atoms with Gasteiger partial charge in [-0.25, -0.2) is 0 Å². The molecule has 1 aliphatic rings. The molecule has 1 fully saturated rings. The van der Waals surface area contributed by atoms with Crippen molar-refractivity contribution in [3.05, 3.63) is 101 Å². The lowest BCUT2D eigenvalue weighted by Gasteiger charge is -2.24. The van der Waals surface area contributed by atoms with E-state index in [1.807, 2.05) is 85.8 Å². The summed E-state index contributed by atoms with van der Waals surface area (Å²) in [6, 6.07) is 25.4. The molecule has 1 aliphatic heterocycles. The maximum absolute atomic E-state index is 13.5. The van der Waals surface area contributed by atoms with Crippen LogP contribution in [0.15, 0.2) is 78.9 Å². The van der Waals surface area contributed by atoms with E-state index in [0.717, 1.165) is 42.0 Å². The number of nitrogens with zero attached hydrogens (tertiary/aromatic N) is 2. The van der Waals surface area contributed by atoms with Crippen molar-refractivity contribution >= 4 is 17.5 Å². The lowest BCUT2D eigenvalue weighted by molar-refractivity contribution is -0.120. The van der Waals surface area contributed by atoms with Gasteiger partial charge >= 0.3 is 0 Å². The van der Waals surface area contributed by atoms with E-state index in [1.165, 1.54) is 12.8 Å². The Kier molecular flexibility index (Phi) is 8.10. The van der Waals surface area contributed by atoms with Crippen LogP contribution in [-0.4, -0.2) is 42.9 Å². The van der Waals surface area contributed by atoms with Gasteiger partial charge in [0.15, 0.2) is 0 Å². The molecular formula is C29H33N3O2. The topological polar surface area (TPSA) is 52.7 Å². The summed E-state index contributed by atoms with van der Waals surface area (Å²) in [4.78, 5) is 30.2. The predicted molar refractivity (Wildman–Crippen MR) is 137 cm³/mol. The Balaban J connectivity index is 1.48. The highest BCUT2D eigenvalue weighted by molar-refractivity contribution is 6.06. The van der Waals surface area contributed by atoms with Crippen LogP contribution < -0.4 is 10.2 Å². The van der Waals surface area contributed by atoms with Gasteiger partial charge in [-0.1, -0.05) is 60.2 Å². The maximum Gasteiger partial charge on any atom is 0.258 e. The van der Waals surface area contributed by atoms with Crippen LogP contribution in [0.1, 0.15) is 39.9 Å². The van der Waals surface area contributed by atoms with Gasteiger partial charge in [0.05, 0.1) is 13.0 Å². The molecule has 176 valence electrons. The first-order chi connectivity index (χ1) is 16.6. The van der Waals surface area contributed by atoms with Gasteiger partial charge in [0.25, 0.3) is 5.91 Å². The smallest absolute Gasteiger partial charge is 0.258 e. The van der Waals surface area contributed by atoms with Crippen molar-refractivity contribution in [1.82, 2.24) is 10.2 Å². The minimum Gasteiger partial charge on any atom is -0.355 e. The molecule has 5 heteroatoms. The number of likely N-dealkylation sites (tertiary alicyclic amines) is 1. The van der Waals surface area contributed by atoms with Crippen molar-refractivity contribution < 1.29 is 9.59 Å². The minimum atomic E-state index is -0.0592. The van der Waals surface area contributed by atoms with Crippen molar-refractivity contribution in [2.75, 3.05) is 31.1 Å². The van der Waals surface area contributed by atoms with E-state index in [9.17, 15) is 9.59 Å². The first-order valence-electron chi connectivity index (χ1n) is 12.1. The molecule has 0 aliphatic carbocycles. The number of amides is 2. The van der Waals surface area contributed by atoms with Gasteiger partial charge in [-0.05, 0) is 68.2 Å². The van der Waals surface area contributed by atoms with Gasteiger partial charge in [0.1, 0.15) is 0 Å². The first kappa shape index (κ1) is 23.7. The lowest BCUT2D eigenvalue weighted by atomic mass is 10.1. The molecule has 4 rings (SSSR count). The van der Waals surface area contributed by atoms with Crippen LogP contribution in [0.4, 0.5) is 5.69 Å². The molecule has 0 bridgehead atoms. The molecule has 5 nitrogen and oxygen atoms in total. The van der Waals surface area contributed by atoms with Gasteiger partial charge in [0.2, 0.25) is 5.91 Å². The molecule has 3 aromatic carbocycles.